The standard InChI is InChI=1S/C20H20ClN3O3S2/c21-15-5-1-14(2-6-15)10-22-19(25)9-13-3-7-16(8-4-13)23-20-24-17-11-29(26,27)12-18(17)28-20/h1-8,17-18H,9-12H2,(H,22,25)(H,23,24)/t17-,18-/m0/s1. The van der Waals surface area contributed by atoms with Gasteiger partial charge < -0.3 is 10.6 Å². The summed E-state index contributed by atoms with van der Waals surface area (Å²) < 4.78 is 23.3. The van der Waals surface area contributed by atoms with Crippen LogP contribution >= 0.6 is 23.4 Å². The molecule has 29 heavy (non-hydrogen) atoms. The van der Waals surface area contributed by atoms with E-state index < -0.39 is 9.84 Å². The molecule has 0 spiro atoms. The van der Waals surface area contributed by atoms with Crippen molar-refractivity contribution in [1.29, 1.82) is 0 Å². The van der Waals surface area contributed by atoms with Crippen molar-refractivity contribution in [3.05, 3.63) is 64.7 Å². The largest absolute Gasteiger partial charge is 0.352 e. The number of fused-ring (bicyclic) bond motifs is 1. The molecule has 0 saturated carbocycles. The molecular formula is C20H20ClN3O3S2. The Kier molecular flexibility index (Phi) is 5.85. The van der Waals surface area contributed by atoms with Crippen LogP contribution in [-0.4, -0.2) is 42.3 Å². The summed E-state index contributed by atoms with van der Waals surface area (Å²) in [6.45, 7) is 0.463. The number of hydrogen-bond donors (Lipinski definition) is 2. The molecule has 0 aliphatic carbocycles. The summed E-state index contributed by atoms with van der Waals surface area (Å²) in [6.07, 6.45) is 0.297. The van der Waals surface area contributed by atoms with Crippen molar-refractivity contribution in [2.24, 2.45) is 4.99 Å². The zero-order valence-corrected chi connectivity index (χ0v) is 17.9. The molecule has 1 saturated heterocycles. The molecule has 0 bridgehead atoms. The Hall–Kier alpha value is -2.03. The fraction of sp³-hybridized carbons (Fsp3) is 0.300. The molecule has 2 N–H and O–H groups in total. The molecule has 0 unspecified atom stereocenters. The number of hydrogen-bond acceptors (Lipinski definition) is 6. The van der Waals surface area contributed by atoms with Gasteiger partial charge in [-0.15, -0.1) is 0 Å². The third-order valence-electron chi connectivity index (χ3n) is 4.79. The molecule has 1 fully saturated rings. The summed E-state index contributed by atoms with van der Waals surface area (Å²) in [5.74, 6) is 0.284. The average molecular weight is 450 g/mol. The summed E-state index contributed by atoms with van der Waals surface area (Å²) >= 11 is 7.34. The number of carbonyl (C=O) groups is 1. The van der Waals surface area contributed by atoms with Gasteiger partial charge in [-0.1, -0.05) is 47.6 Å². The van der Waals surface area contributed by atoms with Crippen LogP contribution in [0.4, 0.5) is 5.69 Å². The predicted molar refractivity (Wildman–Crippen MR) is 118 cm³/mol. The Labute approximate surface area is 179 Å². The Morgan fingerprint density at radius 1 is 1.07 bits per heavy atom. The molecule has 6 nitrogen and oxygen atoms in total. The van der Waals surface area contributed by atoms with Gasteiger partial charge in [0.15, 0.2) is 15.0 Å². The zero-order chi connectivity index (χ0) is 20.4. The van der Waals surface area contributed by atoms with Gasteiger partial charge in [-0.3, -0.25) is 9.79 Å². The Morgan fingerprint density at radius 2 is 1.76 bits per heavy atom. The van der Waals surface area contributed by atoms with Crippen LogP contribution in [0.1, 0.15) is 11.1 Å². The number of nitrogens with zero attached hydrogens (tertiary/aromatic N) is 1. The van der Waals surface area contributed by atoms with Crippen LogP contribution in [0.2, 0.25) is 5.02 Å². The van der Waals surface area contributed by atoms with E-state index in [2.05, 4.69) is 15.6 Å². The Morgan fingerprint density at radius 3 is 2.45 bits per heavy atom. The molecular weight excluding hydrogens is 430 g/mol. The second-order valence-corrected chi connectivity index (χ2v) is 11.0. The van der Waals surface area contributed by atoms with E-state index in [-0.39, 0.29) is 28.7 Å². The van der Waals surface area contributed by atoms with Crippen LogP contribution in [0.15, 0.2) is 53.5 Å². The van der Waals surface area contributed by atoms with E-state index in [1.165, 1.54) is 11.8 Å². The molecule has 152 valence electrons. The number of amides is 1. The van der Waals surface area contributed by atoms with Gasteiger partial charge in [0.1, 0.15) is 0 Å². The van der Waals surface area contributed by atoms with E-state index in [0.717, 1.165) is 22.0 Å². The Bertz CT molecular complexity index is 1040. The van der Waals surface area contributed by atoms with Crippen LogP contribution in [0.25, 0.3) is 0 Å². The molecule has 2 atom stereocenters. The van der Waals surface area contributed by atoms with Crippen molar-refractivity contribution >= 4 is 50.0 Å². The van der Waals surface area contributed by atoms with Crippen molar-refractivity contribution in [2.45, 2.75) is 24.3 Å². The SMILES string of the molecule is O=C(Cc1ccc(NC2=N[C@H]3CS(=O)(=O)C[C@@H]3S2)cc1)NCc1ccc(Cl)cc1. The monoisotopic (exact) mass is 449 g/mol. The van der Waals surface area contributed by atoms with E-state index in [9.17, 15) is 13.2 Å². The maximum Gasteiger partial charge on any atom is 0.224 e. The first-order chi connectivity index (χ1) is 13.9. The first kappa shape index (κ1) is 20.3. The highest BCUT2D eigenvalue weighted by molar-refractivity contribution is 8.15. The topological polar surface area (TPSA) is 87.6 Å². The van der Waals surface area contributed by atoms with Crippen LogP contribution < -0.4 is 10.6 Å². The molecule has 2 aromatic rings. The van der Waals surface area contributed by atoms with Gasteiger partial charge in [0.25, 0.3) is 0 Å². The van der Waals surface area contributed by atoms with Crippen LogP contribution in [-0.2, 0) is 27.6 Å². The molecule has 1 amide bonds. The average Bonchev–Trinajstić information content (AvgIpc) is 3.15. The number of amidine groups is 1. The molecule has 0 radical (unpaired) electrons. The van der Waals surface area contributed by atoms with Crippen LogP contribution in [0.5, 0.6) is 0 Å². The molecule has 2 heterocycles. The number of halogens is 1. The second kappa shape index (κ2) is 8.38. The lowest BCUT2D eigenvalue weighted by Crippen LogP contribution is -2.24. The lowest BCUT2D eigenvalue weighted by Gasteiger charge is -2.09. The van der Waals surface area contributed by atoms with Crippen LogP contribution in [0, 0.1) is 0 Å². The third kappa shape index (κ3) is 5.32. The van der Waals surface area contributed by atoms with Crippen molar-refractivity contribution in [3.8, 4) is 0 Å². The number of nitrogens with one attached hydrogen (secondary N) is 2. The number of anilines is 1. The maximum absolute atomic E-state index is 12.2. The number of benzene rings is 2. The summed E-state index contributed by atoms with van der Waals surface area (Å²) in [5, 5.41) is 7.58. The van der Waals surface area contributed by atoms with Crippen molar-refractivity contribution < 1.29 is 13.2 Å². The lowest BCUT2D eigenvalue weighted by molar-refractivity contribution is -0.120. The number of sulfone groups is 1. The fourth-order valence-corrected chi connectivity index (χ4v) is 7.10. The van der Waals surface area contributed by atoms with E-state index in [1.54, 1.807) is 12.1 Å². The van der Waals surface area contributed by atoms with Gasteiger partial charge in [0, 0.05) is 22.5 Å². The fourth-order valence-electron chi connectivity index (χ4n) is 3.30. The molecule has 2 aromatic carbocycles. The van der Waals surface area contributed by atoms with Gasteiger partial charge in [-0.25, -0.2) is 8.42 Å². The normalized spacial score (nSPS) is 22.0. The smallest absolute Gasteiger partial charge is 0.224 e. The van der Waals surface area contributed by atoms with Gasteiger partial charge in [0.2, 0.25) is 5.91 Å². The number of rotatable bonds is 5. The molecule has 9 heteroatoms. The van der Waals surface area contributed by atoms with E-state index in [4.69, 9.17) is 11.6 Å². The number of thioether (sulfide) groups is 1. The van der Waals surface area contributed by atoms with Crippen molar-refractivity contribution in [2.75, 3.05) is 16.8 Å². The van der Waals surface area contributed by atoms with E-state index >= 15 is 0 Å². The van der Waals surface area contributed by atoms with Crippen molar-refractivity contribution in [3.63, 3.8) is 0 Å². The first-order valence-corrected chi connectivity index (χ1v) is 12.3. The summed E-state index contributed by atoms with van der Waals surface area (Å²) in [7, 11) is -2.94. The van der Waals surface area contributed by atoms with Gasteiger partial charge in [-0.05, 0) is 35.4 Å². The molecule has 2 aliphatic heterocycles. The predicted octanol–water partition coefficient (Wildman–Crippen LogP) is 2.88. The summed E-state index contributed by atoms with van der Waals surface area (Å²) in [5.41, 5.74) is 2.77. The summed E-state index contributed by atoms with van der Waals surface area (Å²) in [6, 6.07) is 14.8. The van der Waals surface area contributed by atoms with Gasteiger partial charge in [0.05, 0.1) is 24.0 Å². The van der Waals surface area contributed by atoms with E-state index in [1.807, 2.05) is 36.4 Å². The quantitative estimate of drug-likeness (QED) is 0.732. The lowest BCUT2D eigenvalue weighted by atomic mass is 10.1. The minimum Gasteiger partial charge on any atom is -0.352 e. The molecule has 0 aromatic heterocycles. The van der Waals surface area contributed by atoms with Crippen LogP contribution in [0.3, 0.4) is 0 Å². The molecule has 4 rings (SSSR count). The second-order valence-electron chi connectivity index (χ2n) is 7.14. The first-order valence-electron chi connectivity index (χ1n) is 9.18. The van der Waals surface area contributed by atoms with E-state index in [0.29, 0.717) is 18.0 Å². The maximum atomic E-state index is 12.2. The zero-order valence-electron chi connectivity index (χ0n) is 15.5. The Balaban J connectivity index is 1.27. The van der Waals surface area contributed by atoms with Crippen molar-refractivity contribution in [1.82, 2.24) is 5.32 Å². The highest BCUT2D eigenvalue weighted by atomic mass is 35.5. The molecule has 2 aliphatic rings. The third-order valence-corrected chi connectivity index (χ3v) is 8.18. The minimum absolute atomic E-state index is 0.0195. The van der Waals surface area contributed by atoms with Gasteiger partial charge >= 0.3 is 0 Å². The number of carbonyl (C=O) groups excluding carboxylic acids is 1. The summed E-state index contributed by atoms with van der Waals surface area (Å²) in [4.78, 5) is 16.6. The number of aliphatic imine (C=N–C) groups is 1. The highest BCUT2D eigenvalue weighted by Crippen LogP contribution is 2.34. The van der Waals surface area contributed by atoms with Gasteiger partial charge in [-0.2, -0.15) is 0 Å². The minimum atomic E-state index is -2.94. The highest BCUT2D eigenvalue weighted by Gasteiger charge is 2.42.